The fourth-order valence-corrected chi connectivity index (χ4v) is 3.68. The molecule has 0 radical (unpaired) electrons. The van der Waals surface area contributed by atoms with Crippen LogP contribution in [0.15, 0.2) is 0 Å². The van der Waals surface area contributed by atoms with Crippen molar-refractivity contribution in [1.29, 1.82) is 0 Å². The van der Waals surface area contributed by atoms with Crippen LogP contribution in [-0.2, 0) is 4.79 Å². The molecule has 0 heterocycles. The minimum Gasteiger partial charge on any atom is -0.481 e. The largest absolute Gasteiger partial charge is 0.481 e. The van der Waals surface area contributed by atoms with Gasteiger partial charge in [0.1, 0.15) is 0 Å². The van der Waals surface area contributed by atoms with Crippen molar-refractivity contribution >= 4 is 5.97 Å². The highest BCUT2D eigenvalue weighted by Gasteiger charge is 2.37. The summed E-state index contributed by atoms with van der Waals surface area (Å²) in [5.74, 6) is -0.956. The van der Waals surface area contributed by atoms with E-state index < -0.39 is 11.6 Å². The third-order valence-electron chi connectivity index (χ3n) is 5.01. The predicted octanol–water partition coefficient (Wildman–Crippen LogP) is 2.26. The second kappa shape index (κ2) is 6.23. The van der Waals surface area contributed by atoms with Crippen LogP contribution in [0.3, 0.4) is 0 Å². The van der Waals surface area contributed by atoms with Crippen molar-refractivity contribution in [2.24, 2.45) is 5.92 Å². The van der Waals surface area contributed by atoms with E-state index in [2.05, 4.69) is 11.9 Å². The molecule has 2 fully saturated rings. The molecule has 0 unspecified atom stereocenters. The van der Waals surface area contributed by atoms with E-state index >= 15 is 0 Å². The maximum Gasteiger partial charge on any atom is 0.306 e. The number of hydrogen-bond acceptors (Lipinski definition) is 3. The lowest BCUT2D eigenvalue weighted by atomic mass is 9.78. The zero-order valence-electron chi connectivity index (χ0n) is 12.0. The smallest absolute Gasteiger partial charge is 0.306 e. The number of carboxylic acid groups (broad SMARTS) is 1. The number of carboxylic acids is 1. The number of rotatable bonds is 4. The van der Waals surface area contributed by atoms with Gasteiger partial charge in [0.05, 0.1) is 11.5 Å². The fourth-order valence-electron chi connectivity index (χ4n) is 3.68. The minimum atomic E-state index is -0.706. The Morgan fingerprint density at radius 2 is 1.74 bits per heavy atom. The van der Waals surface area contributed by atoms with Gasteiger partial charge >= 0.3 is 5.97 Å². The summed E-state index contributed by atoms with van der Waals surface area (Å²) < 4.78 is 0. The van der Waals surface area contributed by atoms with Gasteiger partial charge in [-0.05, 0) is 45.6 Å². The van der Waals surface area contributed by atoms with Crippen LogP contribution in [-0.4, -0.2) is 46.3 Å². The highest BCUT2D eigenvalue weighted by molar-refractivity contribution is 5.70. The van der Waals surface area contributed by atoms with Crippen molar-refractivity contribution in [3.63, 3.8) is 0 Å². The molecule has 2 aliphatic carbocycles. The molecule has 2 saturated carbocycles. The van der Waals surface area contributed by atoms with Crippen LogP contribution in [0.5, 0.6) is 0 Å². The molecule has 0 spiro atoms. The van der Waals surface area contributed by atoms with E-state index in [1.165, 1.54) is 32.1 Å². The number of carbonyl (C=O) groups is 1. The highest BCUT2D eigenvalue weighted by Crippen LogP contribution is 2.34. The Kier molecular flexibility index (Phi) is 4.85. The molecule has 110 valence electrons. The van der Waals surface area contributed by atoms with Crippen molar-refractivity contribution < 1.29 is 15.0 Å². The number of hydrogen-bond donors (Lipinski definition) is 2. The molecule has 0 saturated heterocycles. The normalized spacial score (nSPS) is 33.5. The van der Waals surface area contributed by atoms with E-state index in [-0.39, 0.29) is 5.92 Å². The number of aliphatic hydroxyl groups is 1. The molecular weight excluding hydrogens is 242 g/mol. The summed E-state index contributed by atoms with van der Waals surface area (Å²) in [7, 11) is 2.11. The molecule has 0 atom stereocenters. The van der Waals surface area contributed by atoms with Gasteiger partial charge in [0, 0.05) is 12.6 Å². The molecule has 19 heavy (non-hydrogen) atoms. The summed E-state index contributed by atoms with van der Waals surface area (Å²) in [6.07, 6.45) is 8.91. The van der Waals surface area contributed by atoms with Crippen molar-refractivity contribution in [2.45, 2.75) is 69.4 Å². The van der Waals surface area contributed by atoms with E-state index in [4.69, 9.17) is 5.11 Å². The average Bonchev–Trinajstić information content (AvgIpc) is 2.40. The average molecular weight is 269 g/mol. The van der Waals surface area contributed by atoms with Crippen LogP contribution in [0.4, 0.5) is 0 Å². The molecule has 2 rings (SSSR count). The van der Waals surface area contributed by atoms with Crippen molar-refractivity contribution in [1.82, 2.24) is 4.90 Å². The van der Waals surface area contributed by atoms with Crippen LogP contribution in [0.1, 0.15) is 57.8 Å². The fraction of sp³-hybridized carbons (Fsp3) is 0.933. The third-order valence-corrected chi connectivity index (χ3v) is 5.01. The summed E-state index contributed by atoms with van der Waals surface area (Å²) in [5.41, 5.74) is -0.669. The van der Waals surface area contributed by atoms with Gasteiger partial charge in [-0.25, -0.2) is 0 Å². The van der Waals surface area contributed by atoms with Crippen LogP contribution < -0.4 is 0 Å². The molecule has 0 bridgehead atoms. The van der Waals surface area contributed by atoms with Gasteiger partial charge in [0.2, 0.25) is 0 Å². The van der Waals surface area contributed by atoms with Crippen LogP contribution >= 0.6 is 0 Å². The number of aliphatic carboxylic acids is 1. The maximum atomic E-state index is 10.9. The van der Waals surface area contributed by atoms with Crippen molar-refractivity contribution in [3.8, 4) is 0 Å². The molecule has 0 amide bonds. The molecule has 2 N–H and O–H groups in total. The molecule has 0 aromatic heterocycles. The maximum absolute atomic E-state index is 10.9. The van der Waals surface area contributed by atoms with E-state index in [1.54, 1.807) is 0 Å². The van der Waals surface area contributed by atoms with Gasteiger partial charge in [0.25, 0.3) is 0 Å². The van der Waals surface area contributed by atoms with Gasteiger partial charge in [-0.3, -0.25) is 4.79 Å². The molecule has 0 aromatic carbocycles. The van der Waals surface area contributed by atoms with Gasteiger partial charge in [-0.15, -0.1) is 0 Å². The first kappa shape index (κ1) is 14.8. The quantitative estimate of drug-likeness (QED) is 0.822. The SMILES string of the molecule is CN(CC1(O)CCC(C(=O)O)CC1)C1CCCCC1. The molecule has 2 aliphatic rings. The molecule has 4 heteroatoms. The summed E-state index contributed by atoms with van der Waals surface area (Å²) in [4.78, 5) is 13.2. The zero-order chi connectivity index (χ0) is 13.9. The van der Waals surface area contributed by atoms with E-state index in [1.807, 2.05) is 0 Å². The van der Waals surface area contributed by atoms with Gasteiger partial charge in [-0.1, -0.05) is 19.3 Å². The van der Waals surface area contributed by atoms with Crippen LogP contribution in [0, 0.1) is 5.92 Å². The van der Waals surface area contributed by atoms with Crippen molar-refractivity contribution in [2.75, 3.05) is 13.6 Å². The standard InChI is InChI=1S/C15H27NO3/c1-16(13-5-3-2-4-6-13)11-15(19)9-7-12(8-10-15)14(17)18/h12-13,19H,2-11H2,1H3,(H,17,18). The lowest BCUT2D eigenvalue weighted by Gasteiger charge is -2.40. The monoisotopic (exact) mass is 269 g/mol. The van der Waals surface area contributed by atoms with Crippen LogP contribution in [0.25, 0.3) is 0 Å². The topological polar surface area (TPSA) is 60.8 Å². The Bertz CT molecular complexity index is 305. The molecule has 0 aliphatic heterocycles. The second-order valence-electron chi connectivity index (χ2n) is 6.54. The number of likely N-dealkylation sites (N-methyl/N-ethyl adjacent to an activating group) is 1. The summed E-state index contributed by atoms with van der Waals surface area (Å²) in [5, 5.41) is 19.6. The van der Waals surface area contributed by atoms with E-state index in [0.717, 1.165) is 0 Å². The third kappa shape index (κ3) is 3.93. The number of nitrogens with zero attached hydrogens (tertiary/aromatic N) is 1. The summed E-state index contributed by atoms with van der Waals surface area (Å²) >= 11 is 0. The Balaban J connectivity index is 1.82. The lowest BCUT2D eigenvalue weighted by Crippen LogP contribution is -2.48. The molecular formula is C15H27NO3. The summed E-state index contributed by atoms with van der Waals surface area (Å²) in [6.45, 7) is 0.698. The Morgan fingerprint density at radius 1 is 1.16 bits per heavy atom. The Labute approximate surface area is 115 Å². The first-order chi connectivity index (χ1) is 9.00. The second-order valence-corrected chi connectivity index (χ2v) is 6.54. The Hall–Kier alpha value is -0.610. The lowest BCUT2D eigenvalue weighted by molar-refractivity contribution is -0.145. The molecule has 0 aromatic rings. The van der Waals surface area contributed by atoms with E-state index in [9.17, 15) is 9.90 Å². The first-order valence-corrected chi connectivity index (χ1v) is 7.66. The minimum absolute atomic E-state index is 0.250. The van der Waals surface area contributed by atoms with E-state index in [0.29, 0.717) is 38.3 Å². The van der Waals surface area contributed by atoms with Crippen molar-refractivity contribution in [3.05, 3.63) is 0 Å². The van der Waals surface area contributed by atoms with Gasteiger partial charge < -0.3 is 15.1 Å². The van der Waals surface area contributed by atoms with Gasteiger partial charge in [-0.2, -0.15) is 0 Å². The van der Waals surface area contributed by atoms with Gasteiger partial charge in [0.15, 0.2) is 0 Å². The van der Waals surface area contributed by atoms with Crippen LogP contribution in [0.2, 0.25) is 0 Å². The Morgan fingerprint density at radius 3 is 2.26 bits per heavy atom. The first-order valence-electron chi connectivity index (χ1n) is 7.66. The predicted molar refractivity (Wildman–Crippen MR) is 74.0 cm³/mol. The molecule has 4 nitrogen and oxygen atoms in total. The summed E-state index contributed by atoms with van der Waals surface area (Å²) in [6, 6.07) is 0.606. The highest BCUT2D eigenvalue weighted by atomic mass is 16.4. The zero-order valence-corrected chi connectivity index (χ0v) is 12.0.